The maximum atomic E-state index is 11.4. The first-order chi connectivity index (χ1) is 6.77. The van der Waals surface area contributed by atoms with Crippen molar-refractivity contribution in [2.75, 3.05) is 0 Å². The molecule has 2 heteroatoms. The number of nitrogens with one attached hydrogen (secondary N) is 1. The molecule has 1 N–H and O–H groups in total. The quantitative estimate of drug-likeness (QED) is 0.726. The van der Waals surface area contributed by atoms with Crippen LogP contribution in [0, 0.1) is 6.92 Å². The van der Waals surface area contributed by atoms with Crippen molar-refractivity contribution >= 4 is 0 Å². The molecule has 0 saturated carbocycles. The number of pyridine rings is 1. The Hall–Kier alpha value is -1.83. The molecule has 0 spiro atoms. The van der Waals surface area contributed by atoms with Crippen LogP contribution < -0.4 is 5.56 Å². The standard InChI is InChI=1S/C12H11NO/c1-9-4-6-10(7-5-9)11-3-2-8-13-12(11)14/h2-8H,1H3,(H,13,14). The minimum Gasteiger partial charge on any atom is -0.329 e. The molecule has 0 saturated heterocycles. The fraction of sp³-hybridized carbons (Fsp3) is 0.0833. The molecule has 1 aromatic carbocycles. The third-order valence-electron chi connectivity index (χ3n) is 2.18. The third-order valence-corrected chi connectivity index (χ3v) is 2.18. The highest BCUT2D eigenvalue weighted by Gasteiger charge is 2.00. The highest BCUT2D eigenvalue weighted by molar-refractivity contribution is 5.62. The van der Waals surface area contributed by atoms with Crippen LogP contribution in [-0.4, -0.2) is 4.98 Å². The summed E-state index contributed by atoms with van der Waals surface area (Å²) in [7, 11) is 0. The van der Waals surface area contributed by atoms with Crippen molar-refractivity contribution < 1.29 is 0 Å². The third kappa shape index (κ3) is 1.59. The number of aromatic amines is 1. The van der Waals surface area contributed by atoms with E-state index in [1.165, 1.54) is 5.56 Å². The zero-order valence-corrected chi connectivity index (χ0v) is 7.95. The summed E-state index contributed by atoms with van der Waals surface area (Å²) >= 11 is 0. The van der Waals surface area contributed by atoms with Crippen molar-refractivity contribution in [1.29, 1.82) is 0 Å². The second-order valence-corrected chi connectivity index (χ2v) is 3.28. The van der Waals surface area contributed by atoms with E-state index in [0.717, 1.165) is 5.56 Å². The zero-order chi connectivity index (χ0) is 9.97. The Bertz CT molecular complexity index is 482. The molecule has 2 rings (SSSR count). The molecule has 0 aliphatic heterocycles. The molecule has 2 nitrogen and oxygen atoms in total. The number of hydrogen-bond donors (Lipinski definition) is 1. The smallest absolute Gasteiger partial charge is 0.255 e. The first kappa shape index (κ1) is 8.75. The van der Waals surface area contributed by atoms with Crippen LogP contribution in [0.3, 0.4) is 0 Å². The molecule has 0 aliphatic carbocycles. The molecule has 0 aliphatic rings. The van der Waals surface area contributed by atoms with Crippen molar-refractivity contribution in [2.45, 2.75) is 6.92 Å². The van der Waals surface area contributed by atoms with Crippen molar-refractivity contribution in [3.8, 4) is 11.1 Å². The van der Waals surface area contributed by atoms with Crippen LogP contribution in [0.25, 0.3) is 11.1 Å². The van der Waals surface area contributed by atoms with Crippen molar-refractivity contribution in [1.82, 2.24) is 4.98 Å². The van der Waals surface area contributed by atoms with Gasteiger partial charge in [-0.25, -0.2) is 0 Å². The predicted molar refractivity (Wildman–Crippen MR) is 57.2 cm³/mol. The lowest BCUT2D eigenvalue weighted by Crippen LogP contribution is -2.06. The molecule has 0 radical (unpaired) electrons. The molecule has 0 unspecified atom stereocenters. The highest BCUT2D eigenvalue weighted by atomic mass is 16.1. The summed E-state index contributed by atoms with van der Waals surface area (Å²) in [6.07, 6.45) is 1.64. The Morgan fingerprint density at radius 3 is 2.43 bits per heavy atom. The fourth-order valence-corrected chi connectivity index (χ4v) is 1.38. The topological polar surface area (TPSA) is 32.9 Å². The maximum absolute atomic E-state index is 11.4. The van der Waals surface area contributed by atoms with E-state index in [9.17, 15) is 4.79 Å². The Morgan fingerprint density at radius 1 is 1.07 bits per heavy atom. The number of rotatable bonds is 1. The summed E-state index contributed by atoms with van der Waals surface area (Å²) in [6.45, 7) is 2.03. The van der Waals surface area contributed by atoms with Gasteiger partial charge < -0.3 is 4.98 Å². The van der Waals surface area contributed by atoms with Gasteiger partial charge in [-0.1, -0.05) is 29.8 Å². The van der Waals surface area contributed by atoms with Gasteiger partial charge in [-0.05, 0) is 24.6 Å². The second kappa shape index (κ2) is 3.50. The normalized spacial score (nSPS) is 10.1. The maximum Gasteiger partial charge on any atom is 0.255 e. The lowest BCUT2D eigenvalue weighted by molar-refractivity contribution is 1.24. The van der Waals surface area contributed by atoms with Crippen LogP contribution >= 0.6 is 0 Å². The van der Waals surface area contributed by atoms with Gasteiger partial charge >= 0.3 is 0 Å². The monoisotopic (exact) mass is 185 g/mol. The van der Waals surface area contributed by atoms with Crippen LogP contribution in [-0.2, 0) is 0 Å². The summed E-state index contributed by atoms with van der Waals surface area (Å²) in [6, 6.07) is 11.6. The second-order valence-electron chi connectivity index (χ2n) is 3.28. The number of H-pyrrole nitrogens is 1. The first-order valence-electron chi connectivity index (χ1n) is 4.52. The van der Waals surface area contributed by atoms with Gasteiger partial charge in [0.05, 0.1) is 0 Å². The Balaban J connectivity index is 2.56. The number of aromatic nitrogens is 1. The lowest BCUT2D eigenvalue weighted by atomic mass is 10.1. The number of aryl methyl sites for hydroxylation is 1. The van der Waals surface area contributed by atoms with E-state index in [1.54, 1.807) is 6.20 Å². The Morgan fingerprint density at radius 2 is 1.79 bits per heavy atom. The molecular weight excluding hydrogens is 174 g/mol. The van der Waals surface area contributed by atoms with Gasteiger partial charge in [-0.3, -0.25) is 4.79 Å². The average Bonchev–Trinajstić information content (AvgIpc) is 2.20. The van der Waals surface area contributed by atoms with Crippen LogP contribution in [0.15, 0.2) is 47.4 Å². The van der Waals surface area contributed by atoms with Crippen LogP contribution in [0.4, 0.5) is 0 Å². The molecule has 14 heavy (non-hydrogen) atoms. The number of benzene rings is 1. The van der Waals surface area contributed by atoms with Gasteiger partial charge in [0, 0.05) is 11.8 Å². The minimum absolute atomic E-state index is 0.0450. The van der Waals surface area contributed by atoms with Crippen LogP contribution in [0.2, 0.25) is 0 Å². The van der Waals surface area contributed by atoms with Gasteiger partial charge in [0.1, 0.15) is 0 Å². The molecule has 70 valence electrons. The van der Waals surface area contributed by atoms with Crippen molar-refractivity contribution in [3.63, 3.8) is 0 Å². The Labute approximate surface area is 82.2 Å². The van der Waals surface area contributed by atoms with E-state index in [0.29, 0.717) is 5.56 Å². The summed E-state index contributed by atoms with van der Waals surface area (Å²) in [5, 5.41) is 0. The largest absolute Gasteiger partial charge is 0.329 e. The SMILES string of the molecule is Cc1ccc(-c2ccc[nH]c2=O)cc1. The van der Waals surface area contributed by atoms with E-state index in [2.05, 4.69) is 4.98 Å². The molecule has 0 atom stereocenters. The van der Waals surface area contributed by atoms with E-state index < -0.39 is 0 Å². The summed E-state index contributed by atoms with van der Waals surface area (Å²) in [5.41, 5.74) is 2.82. The fourth-order valence-electron chi connectivity index (χ4n) is 1.38. The van der Waals surface area contributed by atoms with E-state index in [1.807, 2.05) is 43.3 Å². The van der Waals surface area contributed by atoms with Crippen molar-refractivity contribution in [2.24, 2.45) is 0 Å². The van der Waals surface area contributed by atoms with Gasteiger partial charge in [-0.2, -0.15) is 0 Å². The van der Waals surface area contributed by atoms with Crippen LogP contribution in [0.1, 0.15) is 5.56 Å². The molecule has 0 amide bonds. The molecule has 0 bridgehead atoms. The van der Waals surface area contributed by atoms with Crippen molar-refractivity contribution in [3.05, 3.63) is 58.5 Å². The summed E-state index contributed by atoms with van der Waals surface area (Å²) in [4.78, 5) is 14.1. The minimum atomic E-state index is -0.0450. The van der Waals surface area contributed by atoms with E-state index in [4.69, 9.17) is 0 Å². The Kier molecular flexibility index (Phi) is 2.19. The van der Waals surface area contributed by atoms with E-state index >= 15 is 0 Å². The average molecular weight is 185 g/mol. The summed E-state index contributed by atoms with van der Waals surface area (Å²) in [5.74, 6) is 0. The lowest BCUT2D eigenvalue weighted by Gasteiger charge is -1.99. The van der Waals surface area contributed by atoms with Gasteiger partial charge in [0.15, 0.2) is 0 Å². The van der Waals surface area contributed by atoms with E-state index in [-0.39, 0.29) is 5.56 Å². The van der Waals surface area contributed by atoms with Gasteiger partial charge in [0.25, 0.3) is 5.56 Å². The zero-order valence-electron chi connectivity index (χ0n) is 7.95. The van der Waals surface area contributed by atoms with Gasteiger partial charge in [-0.15, -0.1) is 0 Å². The molecule has 1 aromatic heterocycles. The highest BCUT2D eigenvalue weighted by Crippen LogP contribution is 2.14. The summed E-state index contributed by atoms with van der Waals surface area (Å²) < 4.78 is 0. The first-order valence-corrected chi connectivity index (χ1v) is 4.52. The number of hydrogen-bond acceptors (Lipinski definition) is 1. The predicted octanol–water partition coefficient (Wildman–Crippen LogP) is 2.35. The molecule has 0 fully saturated rings. The molecular formula is C12H11NO. The molecule has 2 aromatic rings. The van der Waals surface area contributed by atoms with Gasteiger partial charge in [0.2, 0.25) is 0 Å². The molecule has 1 heterocycles. The van der Waals surface area contributed by atoms with Crippen LogP contribution in [0.5, 0.6) is 0 Å².